The average molecular weight is 227 g/mol. The molecular formula is C15H17NO. The molecule has 17 heavy (non-hydrogen) atoms. The molecule has 0 saturated carbocycles. The second-order valence-corrected chi connectivity index (χ2v) is 5.33. The fourth-order valence-corrected chi connectivity index (χ4v) is 1.74. The van der Waals surface area contributed by atoms with Crippen LogP contribution in [-0.4, -0.2) is 10.8 Å². The molecule has 1 aromatic carbocycles. The Kier molecular flexibility index (Phi) is 2.97. The Morgan fingerprint density at radius 1 is 1.18 bits per heavy atom. The van der Waals surface area contributed by atoms with Gasteiger partial charge in [-0.05, 0) is 11.5 Å². The molecule has 0 aliphatic rings. The van der Waals surface area contributed by atoms with Crippen LogP contribution in [-0.2, 0) is 11.2 Å². The van der Waals surface area contributed by atoms with Gasteiger partial charge in [0.2, 0.25) is 0 Å². The molecule has 2 nitrogen and oxygen atoms in total. The topological polar surface area (TPSA) is 30.0 Å². The van der Waals surface area contributed by atoms with Crippen molar-refractivity contribution in [3.05, 3.63) is 42.2 Å². The highest BCUT2D eigenvalue weighted by molar-refractivity contribution is 5.91. The second kappa shape index (κ2) is 4.28. The van der Waals surface area contributed by atoms with Crippen molar-refractivity contribution in [1.29, 1.82) is 0 Å². The van der Waals surface area contributed by atoms with Crippen LogP contribution in [0, 0.1) is 5.41 Å². The molecule has 0 atom stereocenters. The van der Waals surface area contributed by atoms with Crippen molar-refractivity contribution in [3.63, 3.8) is 0 Å². The van der Waals surface area contributed by atoms with Crippen LogP contribution < -0.4 is 0 Å². The van der Waals surface area contributed by atoms with Crippen LogP contribution in [0.2, 0.25) is 0 Å². The first kappa shape index (κ1) is 11.8. The largest absolute Gasteiger partial charge is 0.299 e. The molecule has 2 aromatic rings. The van der Waals surface area contributed by atoms with Crippen molar-refractivity contribution < 1.29 is 4.79 Å². The number of rotatable bonds is 2. The van der Waals surface area contributed by atoms with Gasteiger partial charge in [0.25, 0.3) is 0 Å². The third-order valence-electron chi connectivity index (χ3n) is 2.92. The van der Waals surface area contributed by atoms with E-state index in [1.165, 1.54) is 0 Å². The molecule has 1 aromatic heterocycles. The summed E-state index contributed by atoms with van der Waals surface area (Å²) in [4.78, 5) is 16.4. The van der Waals surface area contributed by atoms with E-state index in [0.717, 1.165) is 16.5 Å². The minimum Gasteiger partial charge on any atom is -0.299 e. The summed E-state index contributed by atoms with van der Waals surface area (Å²) in [7, 11) is 0. The first-order valence-electron chi connectivity index (χ1n) is 5.84. The van der Waals surface area contributed by atoms with Gasteiger partial charge in [0.1, 0.15) is 5.78 Å². The maximum Gasteiger partial charge on any atom is 0.144 e. The Morgan fingerprint density at radius 2 is 1.88 bits per heavy atom. The van der Waals surface area contributed by atoms with Gasteiger partial charge < -0.3 is 0 Å². The number of hydrogen-bond donors (Lipinski definition) is 0. The second-order valence-electron chi connectivity index (χ2n) is 5.33. The summed E-state index contributed by atoms with van der Waals surface area (Å²) in [5, 5.41) is 2.21. The Bertz CT molecular complexity index is 547. The first-order valence-corrected chi connectivity index (χ1v) is 5.84. The normalized spacial score (nSPS) is 11.7. The molecule has 0 amide bonds. The highest BCUT2D eigenvalue weighted by Crippen LogP contribution is 2.21. The summed E-state index contributed by atoms with van der Waals surface area (Å²) in [5.41, 5.74) is 0.571. The van der Waals surface area contributed by atoms with E-state index in [0.29, 0.717) is 6.42 Å². The summed E-state index contributed by atoms with van der Waals surface area (Å²) >= 11 is 0. The third-order valence-corrected chi connectivity index (χ3v) is 2.92. The van der Waals surface area contributed by atoms with E-state index >= 15 is 0 Å². The Morgan fingerprint density at radius 3 is 2.59 bits per heavy atom. The Balaban J connectivity index is 2.40. The summed E-state index contributed by atoms with van der Waals surface area (Å²) in [6.07, 6.45) is 2.18. The number of fused-ring (bicyclic) bond motifs is 1. The van der Waals surface area contributed by atoms with Crippen LogP contribution >= 0.6 is 0 Å². The average Bonchev–Trinajstić information content (AvgIpc) is 2.28. The highest BCUT2D eigenvalue weighted by Gasteiger charge is 2.22. The van der Waals surface area contributed by atoms with Gasteiger partial charge in [-0.3, -0.25) is 9.78 Å². The van der Waals surface area contributed by atoms with Crippen LogP contribution in [0.5, 0.6) is 0 Å². The number of carbonyl (C=O) groups excluding carboxylic acids is 1. The van der Waals surface area contributed by atoms with Crippen molar-refractivity contribution in [2.45, 2.75) is 27.2 Å². The maximum atomic E-state index is 12.0. The van der Waals surface area contributed by atoms with Crippen molar-refractivity contribution in [1.82, 2.24) is 4.98 Å². The third kappa shape index (κ3) is 2.52. The molecule has 0 bridgehead atoms. The van der Waals surface area contributed by atoms with Crippen molar-refractivity contribution in [3.8, 4) is 0 Å². The molecule has 1 heterocycles. The van der Waals surface area contributed by atoms with Crippen LogP contribution in [0.3, 0.4) is 0 Å². The van der Waals surface area contributed by atoms with Crippen molar-refractivity contribution in [2.75, 3.05) is 0 Å². The van der Waals surface area contributed by atoms with Gasteiger partial charge in [-0.25, -0.2) is 0 Å². The van der Waals surface area contributed by atoms with Gasteiger partial charge in [0, 0.05) is 23.4 Å². The summed E-state index contributed by atoms with van der Waals surface area (Å²) in [6, 6.07) is 10.0. The Hall–Kier alpha value is -1.70. The van der Waals surface area contributed by atoms with E-state index in [1.807, 2.05) is 51.1 Å². The van der Waals surface area contributed by atoms with Gasteiger partial charge in [-0.15, -0.1) is 0 Å². The molecule has 0 aliphatic carbocycles. The molecule has 2 rings (SSSR count). The van der Waals surface area contributed by atoms with Gasteiger partial charge in [-0.1, -0.05) is 45.0 Å². The lowest BCUT2D eigenvalue weighted by Gasteiger charge is -2.16. The summed E-state index contributed by atoms with van der Waals surface area (Å²) in [6.45, 7) is 5.83. The predicted molar refractivity (Wildman–Crippen MR) is 69.9 cm³/mol. The van der Waals surface area contributed by atoms with E-state index in [1.54, 1.807) is 6.20 Å². The van der Waals surface area contributed by atoms with E-state index < -0.39 is 0 Å². The van der Waals surface area contributed by atoms with E-state index in [-0.39, 0.29) is 11.2 Å². The van der Waals surface area contributed by atoms with Gasteiger partial charge in [0.05, 0.1) is 5.69 Å². The summed E-state index contributed by atoms with van der Waals surface area (Å²) < 4.78 is 0. The SMILES string of the molecule is CC(C)(C)C(=O)Cc1nccc2ccccc12. The molecule has 0 spiro atoms. The molecule has 0 saturated heterocycles. The van der Waals surface area contributed by atoms with Crippen LogP contribution in [0.1, 0.15) is 26.5 Å². The minimum atomic E-state index is -0.307. The maximum absolute atomic E-state index is 12.0. The number of pyridine rings is 1. The quantitative estimate of drug-likeness (QED) is 0.787. The van der Waals surface area contributed by atoms with E-state index in [9.17, 15) is 4.79 Å². The predicted octanol–water partition coefficient (Wildman–Crippen LogP) is 3.39. The van der Waals surface area contributed by atoms with Crippen LogP contribution in [0.4, 0.5) is 0 Å². The summed E-state index contributed by atoms with van der Waals surface area (Å²) in [5.74, 6) is 0.223. The number of aromatic nitrogens is 1. The van der Waals surface area contributed by atoms with Crippen LogP contribution in [0.15, 0.2) is 36.5 Å². The zero-order chi connectivity index (χ0) is 12.5. The van der Waals surface area contributed by atoms with E-state index in [4.69, 9.17) is 0 Å². The zero-order valence-electron chi connectivity index (χ0n) is 10.5. The fourth-order valence-electron chi connectivity index (χ4n) is 1.74. The number of nitrogens with zero attached hydrogens (tertiary/aromatic N) is 1. The number of carbonyl (C=O) groups is 1. The lowest BCUT2D eigenvalue weighted by molar-refractivity contribution is -0.125. The fraction of sp³-hybridized carbons (Fsp3) is 0.333. The standard InChI is InChI=1S/C15H17NO/c1-15(2,3)14(17)10-13-12-7-5-4-6-11(12)8-9-16-13/h4-9H,10H2,1-3H3. The van der Waals surface area contributed by atoms with Gasteiger partial charge in [0.15, 0.2) is 0 Å². The van der Waals surface area contributed by atoms with Crippen LogP contribution in [0.25, 0.3) is 10.8 Å². The highest BCUT2D eigenvalue weighted by atomic mass is 16.1. The molecule has 88 valence electrons. The van der Waals surface area contributed by atoms with E-state index in [2.05, 4.69) is 4.98 Å². The molecule has 2 heteroatoms. The lowest BCUT2D eigenvalue weighted by Crippen LogP contribution is -2.22. The zero-order valence-corrected chi connectivity index (χ0v) is 10.5. The minimum absolute atomic E-state index is 0.223. The van der Waals surface area contributed by atoms with Crippen molar-refractivity contribution in [2.24, 2.45) is 5.41 Å². The number of Topliss-reactive ketones (excluding diaryl/α,β-unsaturated/α-hetero) is 1. The molecule has 0 fully saturated rings. The van der Waals surface area contributed by atoms with Gasteiger partial charge in [-0.2, -0.15) is 0 Å². The smallest absolute Gasteiger partial charge is 0.144 e. The number of ketones is 1. The number of benzene rings is 1. The molecule has 0 unspecified atom stereocenters. The molecular weight excluding hydrogens is 210 g/mol. The monoisotopic (exact) mass is 227 g/mol. The van der Waals surface area contributed by atoms with Gasteiger partial charge >= 0.3 is 0 Å². The molecule has 0 N–H and O–H groups in total. The number of hydrogen-bond acceptors (Lipinski definition) is 2. The molecule has 0 radical (unpaired) electrons. The van der Waals surface area contributed by atoms with Crippen molar-refractivity contribution >= 4 is 16.6 Å². The molecule has 0 aliphatic heterocycles. The Labute approximate surface area is 102 Å². The first-order chi connectivity index (χ1) is 7.98. The lowest BCUT2D eigenvalue weighted by atomic mass is 9.87.